The number of fused-ring (bicyclic) bond motifs is 1. The fourth-order valence-electron chi connectivity index (χ4n) is 3.81. The Morgan fingerprint density at radius 1 is 1.21 bits per heavy atom. The van der Waals surface area contributed by atoms with Crippen LogP contribution in [0, 0.1) is 5.82 Å². The van der Waals surface area contributed by atoms with Gasteiger partial charge in [-0.3, -0.25) is 0 Å². The van der Waals surface area contributed by atoms with Gasteiger partial charge in [0.2, 0.25) is 0 Å². The van der Waals surface area contributed by atoms with Crippen molar-refractivity contribution in [1.29, 1.82) is 0 Å². The van der Waals surface area contributed by atoms with Gasteiger partial charge in [0.1, 0.15) is 23.8 Å². The lowest BCUT2D eigenvalue weighted by Gasteiger charge is -2.37. The third-order valence-corrected chi connectivity index (χ3v) is 6.36. The quantitative estimate of drug-likeness (QED) is 0.591. The zero-order valence-electron chi connectivity index (χ0n) is 15.9. The molecule has 0 bridgehead atoms. The molecule has 0 radical (unpaired) electrons. The molecular formula is C22H23FO5S. The number of aliphatic hydroxyl groups is 2. The number of hydrogen-bond acceptors (Lipinski definition) is 6. The minimum Gasteiger partial charge on any atom is -0.507 e. The fraction of sp³-hybridized carbons (Fsp3) is 0.364. The average Bonchev–Trinajstić information content (AvgIpc) is 3.09. The van der Waals surface area contributed by atoms with Gasteiger partial charge in [-0.1, -0.05) is 18.2 Å². The van der Waals surface area contributed by atoms with E-state index in [0.29, 0.717) is 12.0 Å². The van der Waals surface area contributed by atoms with Crippen LogP contribution in [0.2, 0.25) is 0 Å². The highest BCUT2D eigenvalue weighted by molar-refractivity contribution is 7.19. The topological polar surface area (TPSA) is 79.2 Å². The van der Waals surface area contributed by atoms with Crippen LogP contribution in [0.4, 0.5) is 4.39 Å². The maximum Gasteiger partial charge on any atom is 0.130 e. The molecule has 1 aliphatic heterocycles. The maximum absolute atomic E-state index is 14.6. The van der Waals surface area contributed by atoms with Crippen molar-refractivity contribution in [1.82, 2.24) is 0 Å². The van der Waals surface area contributed by atoms with E-state index >= 15 is 0 Å². The number of phenols is 1. The SMILES string of the molecule is COC[C@@H]1C[C@H](O)[C@H](O)[C@H](c2cc(Cc3cc4ccccc4s3)c(F)cc2O)O1. The zero-order chi connectivity index (χ0) is 20.5. The predicted molar refractivity (Wildman–Crippen MR) is 109 cm³/mol. The maximum atomic E-state index is 14.6. The lowest BCUT2D eigenvalue weighted by molar-refractivity contribution is -0.182. The van der Waals surface area contributed by atoms with Gasteiger partial charge in [0.25, 0.3) is 0 Å². The first kappa shape index (κ1) is 20.3. The highest BCUT2D eigenvalue weighted by atomic mass is 32.1. The molecule has 5 nitrogen and oxygen atoms in total. The highest BCUT2D eigenvalue weighted by Gasteiger charge is 2.39. The van der Waals surface area contributed by atoms with Crippen LogP contribution in [0.15, 0.2) is 42.5 Å². The Kier molecular flexibility index (Phi) is 5.85. The monoisotopic (exact) mass is 418 g/mol. The predicted octanol–water partition coefficient (Wildman–Crippen LogP) is 3.54. The Hall–Kier alpha value is -2.03. The second-order valence-corrected chi connectivity index (χ2v) is 8.53. The van der Waals surface area contributed by atoms with Gasteiger partial charge in [-0.25, -0.2) is 4.39 Å². The van der Waals surface area contributed by atoms with Gasteiger partial charge >= 0.3 is 0 Å². The number of halogens is 1. The van der Waals surface area contributed by atoms with Gasteiger partial charge in [0.15, 0.2) is 0 Å². The third-order valence-electron chi connectivity index (χ3n) is 5.24. The molecule has 4 atom stereocenters. The van der Waals surface area contributed by atoms with Crippen molar-refractivity contribution in [2.45, 2.75) is 37.3 Å². The summed E-state index contributed by atoms with van der Waals surface area (Å²) in [5, 5.41) is 32.1. The van der Waals surface area contributed by atoms with Gasteiger partial charge in [-0.05, 0) is 29.1 Å². The molecule has 154 valence electrons. The van der Waals surface area contributed by atoms with Crippen molar-refractivity contribution in [3.63, 3.8) is 0 Å². The lowest BCUT2D eigenvalue weighted by atomic mass is 9.91. The van der Waals surface area contributed by atoms with E-state index in [9.17, 15) is 19.7 Å². The third kappa shape index (κ3) is 4.15. The van der Waals surface area contributed by atoms with Gasteiger partial charge in [-0.15, -0.1) is 11.3 Å². The molecule has 7 heteroatoms. The van der Waals surface area contributed by atoms with E-state index in [-0.39, 0.29) is 24.3 Å². The van der Waals surface area contributed by atoms with Crippen LogP contribution in [0.3, 0.4) is 0 Å². The zero-order valence-corrected chi connectivity index (χ0v) is 16.7. The van der Waals surface area contributed by atoms with E-state index in [0.717, 1.165) is 21.0 Å². The minimum absolute atomic E-state index is 0.224. The summed E-state index contributed by atoms with van der Waals surface area (Å²) >= 11 is 1.59. The number of aromatic hydroxyl groups is 1. The van der Waals surface area contributed by atoms with E-state index in [1.807, 2.05) is 30.3 Å². The van der Waals surface area contributed by atoms with E-state index in [1.54, 1.807) is 11.3 Å². The molecule has 29 heavy (non-hydrogen) atoms. The second kappa shape index (κ2) is 8.38. The Labute approximate surface area is 171 Å². The van der Waals surface area contributed by atoms with Gasteiger partial charge in [-0.2, -0.15) is 0 Å². The number of hydrogen-bond donors (Lipinski definition) is 3. The number of phenolic OH excluding ortho intramolecular Hbond substituents is 1. The molecule has 4 rings (SSSR count). The normalized spacial score (nSPS) is 24.8. The number of rotatable bonds is 5. The number of methoxy groups -OCH3 is 1. The van der Waals surface area contributed by atoms with Crippen LogP contribution < -0.4 is 0 Å². The number of benzene rings is 2. The van der Waals surface area contributed by atoms with Crippen molar-refractivity contribution in [2.75, 3.05) is 13.7 Å². The summed E-state index contributed by atoms with van der Waals surface area (Å²) in [6, 6.07) is 12.5. The van der Waals surface area contributed by atoms with Crippen molar-refractivity contribution in [3.8, 4) is 5.75 Å². The first-order chi connectivity index (χ1) is 14.0. The van der Waals surface area contributed by atoms with Crippen LogP contribution >= 0.6 is 11.3 Å². The van der Waals surface area contributed by atoms with Crippen molar-refractivity contribution >= 4 is 21.4 Å². The highest BCUT2D eigenvalue weighted by Crippen LogP contribution is 2.38. The summed E-state index contributed by atoms with van der Waals surface area (Å²) in [7, 11) is 1.52. The Morgan fingerprint density at radius 2 is 2.00 bits per heavy atom. The first-order valence-electron chi connectivity index (χ1n) is 9.45. The van der Waals surface area contributed by atoms with Crippen LogP contribution in [-0.2, 0) is 15.9 Å². The summed E-state index contributed by atoms with van der Waals surface area (Å²) in [6.45, 7) is 0.247. The molecule has 2 aromatic carbocycles. The standard InChI is InChI=1S/C22H23FO5S/c1-27-11-14-9-19(25)21(26)22(28-14)16-8-13(17(23)10-18(16)24)7-15-6-12-4-2-3-5-20(12)29-15/h2-6,8,10,14,19,21-22,24-26H,7,9,11H2,1H3/t14-,19-,21-,22-/m0/s1. The molecule has 3 aromatic rings. The van der Waals surface area contributed by atoms with Crippen LogP contribution in [-0.4, -0.2) is 47.3 Å². The molecule has 1 aromatic heterocycles. The summed E-state index contributed by atoms with van der Waals surface area (Å²) in [5.41, 5.74) is 0.651. The first-order valence-corrected chi connectivity index (χ1v) is 10.3. The van der Waals surface area contributed by atoms with Crippen molar-refractivity contribution in [2.24, 2.45) is 0 Å². The number of ether oxygens (including phenoxy) is 2. The van der Waals surface area contributed by atoms with Crippen LogP contribution in [0.1, 0.15) is 28.5 Å². The van der Waals surface area contributed by atoms with Crippen molar-refractivity contribution < 1.29 is 29.2 Å². The summed E-state index contributed by atoms with van der Waals surface area (Å²) in [6.07, 6.45) is -3.08. The van der Waals surface area contributed by atoms with Crippen molar-refractivity contribution in [3.05, 3.63) is 64.3 Å². The van der Waals surface area contributed by atoms with Gasteiger partial charge in [0.05, 0.1) is 18.8 Å². The van der Waals surface area contributed by atoms with Crippen LogP contribution in [0.5, 0.6) is 5.75 Å². The number of aliphatic hydroxyl groups excluding tert-OH is 2. The van der Waals surface area contributed by atoms with E-state index in [1.165, 1.54) is 13.2 Å². The molecule has 0 saturated carbocycles. The largest absolute Gasteiger partial charge is 0.507 e. The van der Waals surface area contributed by atoms with Crippen LogP contribution in [0.25, 0.3) is 10.1 Å². The van der Waals surface area contributed by atoms with E-state index in [2.05, 4.69) is 0 Å². The van der Waals surface area contributed by atoms with Gasteiger partial charge < -0.3 is 24.8 Å². The molecule has 1 saturated heterocycles. The Balaban J connectivity index is 1.65. The Bertz CT molecular complexity index is 971. The summed E-state index contributed by atoms with van der Waals surface area (Å²) < 4.78 is 26.7. The fourth-order valence-corrected chi connectivity index (χ4v) is 4.89. The molecule has 2 heterocycles. The minimum atomic E-state index is -1.23. The molecule has 3 N–H and O–H groups in total. The van der Waals surface area contributed by atoms with Gasteiger partial charge in [0, 0.05) is 41.2 Å². The molecule has 0 aliphatic carbocycles. The molecule has 0 unspecified atom stereocenters. The smallest absolute Gasteiger partial charge is 0.130 e. The Morgan fingerprint density at radius 3 is 2.76 bits per heavy atom. The molecule has 0 spiro atoms. The van der Waals surface area contributed by atoms with E-state index in [4.69, 9.17) is 9.47 Å². The lowest BCUT2D eigenvalue weighted by Crippen LogP contribution is -2.44. The molecule has 1 aliphatic rings. The molecule has 1 fully saturated rings. The molecule has 0 amide bonds. The van der Waals surface area contributed by atoms with E-state index < -0.39 is 30.2 Å². The summed E-state index contributed by atoms with van der Waals surface area (Å²) in [5.74, 6) is -0.833. The summed E-state index contributed by atoms with van der Waals surface area (Å²) in [4.78, 5) is 0.990. The molecular weight excluding hydrogens is 395 g/mol. The second-order valence-electron chi connectivity index (χ2n) is 7.36. The number of thiophene rings is 1. The average molecular weight is 418 g/mol.